The van der Waals surface area contributed by atoms with Crippen LogP contribution < -0.4 is 0 Å². The maximum absolute atomic E-state index is 6.81. The zero-order valence-electron chi connectivity index (χ0n) is 11.1. The van der Waals surface area contributed by atoms with E-state index in [2.05, 4.69) is 0 Å². The third-order valence-corrected chi connectivity index (χ3v) is 9.19. The number of hydrogen-bond donors (Lipinski definition) is 1. The fourth-order valence-electron chi connectivity index (χ4n) is 3.74. The molecule has 0 bridgehead atoms. The molecule has 0 aliphatic heterocycles. The van der Waals surface area contributed by atoms with Gasteiger partial charge in [-0.1, -0.05) is 25.7 Å². The monoisotopic (exact) mass is 273 g/mol. The van der Waals surface area contributed by atoms with E-state index in [1.807, 2.05) is 24.7 Å². The van der Waals surface area contributed by atoms with Gasteiger partial charge in [0.1, 0.15) is 0 Å². The standard InChI is InChI=1S/C12H24O2Si.HOSi/c1-13-15(14-2,11-7-3-4-8-11)12-9-5-6-10-12;1-2/h11-12H,3-10H2,1-2H3;1H. The summed E-state index contributed by atoms with van der Waals surface area (Å²) < 4.78 is 11.9. The van der Waals surface area contributed by atoms with Crippen LogP contribution in [0.5, 0.6) is 0 Å². The maximum atomic E-state index is 6.81. The van der Waals surface area contributed by atoms with Crippen LogP contribution >= 0.6 is 0 Å². The minimum atomic E-state index is -1.88. The van der Waals surface area contributed by atoms with Crippen molar-refractivity contribution in [1.82, 2.24) is 0 Å². The molecule has 0 aromatic rings. The van der Waals surface area contributed by atoms with E-state index in [4.69, 9.17) is 13.6 Å². The first-order valence-corrected chi connectivity index (χ1v) is 9.08. The summed E-state index contributed by atoms with van der Waals surface area (Å²) in [5, 5.41) is 0. The lowest BCUT2D eigenvalue weighted by atomic mass is 10.3. The molecule has 3 radical (unpaired) electrons. The maximum Gasteiger partial charge on any atom is 0.344 e. The molecule has 17 heavy (non-hydrogen) atoms. The van der Waals surface area contributed by atoms with Gasteiger partial charge in [0.05, 0.1) is 0 Å². The third-order valence-electron chi connectivity index (χ3n) is 4.49. The summed E-state index contributed by atoms with van der Waals surface area (Å²) in [6.45, 7) is 0. The molecule has 0 amide bonds. The molecule has 5 heteroatoms. The predicted octanol–water partition coefficient (Wildman–Crippen LogP) is 2.67. The minimum Gasteiger partial charge on any atom is -0.433 e. The topological polar surface area (TPSA) is 38.7 Å². The highest BCUT2D eigenvalue weighted by atomic mass is 28.4. The Morgan fingerprint density at radius 2 is 1.12 bits per heavy atom. The first-order chi connectivity index (χ1) is 8.33. The lowest BCUT2D eigenvalue weighted by Crippen LogP contribution is -2.48. The van der Waals surface area contributed by atoms with E-state index in [0.29, 0.717) is 0 Å². The molecule has 0 unspecified atom stereocenters. The third kappa shape index (κ3) is 3.20. The van der Waals surface area contributed by atoms with Crippen molar-refractivity contribution < 1.29 is 13.6 Å². The van der Waals surface area contributed by atoms with Gasteiger partial charge >= 0.3 is 8.56 Å². The van der Waals surface area contributed by atoms with Crippen LogP contribution in [-0.4, -0.2) is 38.1 Å². The van der Waals surface area contributed by atoms with Gasteiger partial charge < -0.3 is 13.6 Å². The Kier molecular flexibility index (Phi) is 6.95. The first kappa shape index (κ1) is 15.4. The van der Waals surface area contributed by atoms with Crippen LogP contribution in [0.3, 0.4) is 0 Å². The molecule has 99 valence electrons. The predicted molar refractivity (Wildman–Crippen MR) is 72.2 cm³/mol. The van der Waals surface area contributed by atoms with Crippen molar-refractivity contribution in [3.63, 3.8) is 0 Å². The van der Waals surface area contributed by atoms with Crippen LogP contribution in [0.2, 0.25) is 11.1 Å². The van der Waals surface area contributed by atoms with E-state index < -0.39 is 8.56 Å². The lowest BCUT2D eigenvalue weighted by Gasteiger charge is -2.37. The Balaban J connectivity index is 0.000000686. The van der Waals surface area contributed by atoms with Crippen molar-refractivity contribution in [2.45, 2.75) is 62.4 Å². The molecule has 0 saturated heterocycles. The van der Waals surface area contributed by atoms with Crippen molar-refractivity contribution in [2.24, 2.45) is 0 Å². The summed E-state index contributed by atoms with van der Waals surface area (Å²) in [5.74, 6) is 0. The van der Waals surface area contributed by atoms with Crippen LogP contribution in [0.15, 0.2) is 0 Å². The van der Waals surface area contributed by atoms with Crippen molar-refractivity contribution in [1.29, 1.82) is 0 Å². The largest absolute Gasteiger partial charge is 0.433 e. The molecule has 0 heterocycles. The molecule has 2 rings (SSSR count). The van der Waals surface area contributed by atoms with Crippen LogP contribution in [0.25, 0.3) is 0 Å². The molecule has 0 atom stereocenters. The Bertz CT molecular complexity index is 180. The molecule has 2 aliphatic rings. The Morgan fingerprint density at radius 3 is 1.35 bits per heavy atom. The highest BCUT2D eigenvalue weighted by molar-refractivity contribution is 6.70. The lowest BCUT2D eigenvalue weighted by molar-refractivity contribution is 0.214. The molecular formula is C12H25O3Si2. The average Bonchev–Trinajstić information content (AvgIpc) is 3.07. The Labute approximate surface area is 110 Å². The fourth-order valence-corrected chi connectivity index (χ4v) is 8.33. The van der Waals surface area contributed by atoms with E-state index in [0.717, 1.165) is 11.1 Å². The Hall–Kier alpha value is 0.314. The number of rotatable bonds is 4. The average molecular weight is 274 g/mol. The summed E-state index contributed by atoms with van der Waals surface area (Å²) in [6.07, 6.45) is 11.0. The number of hydrogen-bond acceptors (Lipinski definition) is 3. The SMILES string of the molecule is CO[Si](OC)(C1CCCC1)C1CCCC1.O[Si]. The van der Waals surface area contributed by atoms with Gasteiger partial charge in [0.25, 0.3) is 0 Å². The molecule has 0 aromatic heterocycles. The van der Waals surface area contributed by atoms with Crippen LogP contribution in [0.1, 0.15) is 51.4 Å². The minimum absolute atomic E-state index is 0.774. The quantitative estimate of drug-likeness (QED) is 0.800. The highest BCUT2D eigenvalue weighted by Crippen LogP contribution is 2.50. The normalized spacial score (nSPS) is 22.6. The van der Waals surface area contributed by atoms with Gasteiger partial charge in [-0.05, 0) is 25.7 Å². The molecular weight excluding hydrogens is 248 g/mol. The zero-order valence-corrected chi connectivity index (χ0v) is 13.1. The summed E-state index contributed by atoms with van der Waals surface area (Å²) in [7, 11) is 3.89. The van der Waals surface area contributed by atoms with Gasteiger partial charge in [-0.25, -0.2) is 0 Å². The molecule has 3 nitrogen and oxygen atoms in total. The summed E-state index contributed by atoms with van der Waals surface area (Å²) >= 11 is 0. The van der Waals surface area contributed by atoms with Crippen molar-refractivity contribution in [3.05, 3.63) is 0 Å². The molecule has 2 aliphatic carbocycles. The molecule has 0 spiro atoms. The molecule has 2 fully saturated rings. The van der Waals surface area contributed by atoms with Crippen molar-refractivity contribution >= 4 is 19.0 Å². The van der Waals surface area contributed by atoms with Gasteiger partial charge in [-0.3, -0.25) is 0 Å². The second-order valence-electron chi connectivity index (χ2n) is 5.09. The fraction of sp³-hybridized carbons (Fsp3) is 1.00. The summed E-state index contributed by atoms with van der Waals surface area (Å²) in [5.41, 5.74) is 1.55. The van der Waals surface area contributed by atoms with Crippen LogP contribution in [0, 0.1) is 0 Å². The van der Waals surface area contributed by atoms with Gasteiger partial charge in [-0.2, -0.15) is 0 Å². The zero-order chi connectivity index (χ0) is 12.7. The van der Waals surface area contributed by atoms with E-state index in [-0.39, 0.29) is 0 Å². The van der Waals surface area contributed by atoms with Gasteiger partial charge in [0.15, 0.2) is 0 Å². The Morgan fingerprint density at radius 1 is 0.824 bits per heavy atom. The van der Waals surface area contributed by atoms with E-state index in [9.17, 15) is 0 Å². The van der Waals surface area contributed by atoms with Crippen LogP contribution in [-0.2, 0) is 8.85 Å². The van der Waals surface area contributed by atoms with E-state index in [1.54, 1.807) is 0 Å². The van der Waals surface area contributed by atoms with Gasteiger partial charge in [0, 0.05) is 25.3 Å². The van der Waals surface area contributed by atoms with Gasteiger partial charge in [0.2, 0.25) is 10.5 Å². The second-order valence-corrected chi connectivity index (χ2v) is 8.98. The van der Waals surface area contributed by atoms with Crippen molar-refractivity contribution in [3.8, 4) is 0 Å². The smallest absolute Gasteiger partial charge is 0.344 e. The van der Waals surface area contributed by atoms with Crippen molar-refractivity contribution in [2.75, 3.05) is 14.2 Å². The highest BCUT2D eigenvalue weighted by Gasteiger charge is 2.52. The molecule has 1 N–H and O–H groups in total. The first-order valence-electron chi connectivity index (χ1n) is 6.66. The second kappa shape index (κ2) is 7.68. The molecule has 0 aromatic carbocycles. The molecule has 2 saturated carbocycles. The summed E-state index contributed by atoms with van der Waals surface area (Å²) in [4.78, 5) is 6.81. The van der Waals surface area contributed by atoms with E-state index >= 15 is 0 Å². The van der Waals surface area contributed by atoms with E-state index in [1.165, 1.54) is 51.4 Å². The van der Waals surface area contributed by atoms with Crippen LogP contribution in [0.4, 0.5) is 0 Å². The summed E-state index contributed by atoms with van der Waals surface area (Å²) in [6, 6.07) is 0. The van der Waals surface area contributed by atoms with Gasteiger partial charge in [-0.15, -0.1) is 0 Å².